The van der Waals surface area contributed by atoms with Crippen molar-refractivity contribution in [2.45, 2.75) is 33.6 Å². The molecule has 4 rings (SSSR count). The van der Waals surface area contributed by atoms with Gasteiger partial charge in [-0.15, -0.1) is 23.7 Å². The first-order valence-electron chi connectivity index (χ1n) is 7.30. The van der Waals surface area contributed by atoms with Crippen molar-refractivity contribution in [1.82, 2.24) is 4.98 Å². The molecule has 4 heteroatoms. The van der Waals surface area contributed by atoms with E-state index in [1.165, 1.54) is 14.8 Å². The molecule has 1 aliphatic carbocycles. The summed E-state index contributed by atoms with van der Waals surface area (Å²) in [6.07, 6.45) is 1.50. The summed E-state index contributed by atoms with van der Waals surface area (Å²) in [6.45, 7) is 6.37. The number of rotatable bonds is 0. The van der Waals surface area contributed by atoms with Crippen LogP contribution in [0.4, 0.5) is 0 Å². The Kier molecular flexibility index (Phi) is 3.54. The monoisotopic (exact) mass is 331 g/mol. The van der Waals surface area contributed by atoms with Gasteiger partial charge in [0.15, 0.2) is 5.78 Å². The molecule has 0 amide bonds. The van der Waals surface area contributed by atoms with Gasteiger partial charge in [-0.05, 0) is 24.8 Å². The normalized spacial score (nSPS) is 16.6. The van der Waals surface area contributed by atoms with Gasteiger partial charge < -0.3 is 0 Å². The number of nitrogens with zero attached hydrogens (tertiary/aromatic N) is 1. The average Bonchev–Trinajstić information content (AvgIpc) is 2.77. The van der Waals surface area contributed by atoms with E-state index in [-0.39, 0.29) is 23.6 Å². The lowest BCUT2D eigenvalue weighted by Crippen LogP contribution is -2.28. The number of halogens is 1. The number of pyridine rings is 1. The van der Waals surface area contributed by atoms with E-state index in [1.807, 2.05) is 6.07 Å². The molecule has 0 bridgehead atoms. The van der Waals surface area contributed by atoms with Crippen molar-refractivity contribution in [1.29, 1.82) is 0 Å². The second-order valence-corrected chi connectivity index (χ2v) is 7.81. The maximum absolute atomic E-state index is 12.7. The lowest BCUT2D eigenvalue weighted by atomic mass is 9.74. The highest BCUT2D eigenvalue weighted by molar-refractivity contribution is 7.26. The number of benzene rings is 1. The maximum Gasteiger partial charge on any atom is 0.165 e. The molecular formula is C18H18ClNOS. The number of carbonyl (C=O) groups excluding carboxylic acids is 1. The van der Waals surface area contributed by atoms with Crippen LogP contribution in [0.1, 0.15) is 42.0 Å². The first-order valence-corrected chi connectivity index (χ1v) is 8.12. The van der Waals surface area contributed by atoms with Crippen LogP contribution in [0.5, 0.6) is 0 Å². The van der Waals surface area contributed by atoms with Crippen LogP contribution in [0.25, 0.3) is 20.2 Å². The molecule has 0 radical (unpaired) electrons. The van der Waals surface area contributed by atoms with Crippen LogP contribution in [0.2, 0.25) is 0 Å². The lowest BCUT2D eigenvalue weighted by molar-refractivity contribution is 0.0912. The highest BCUT2D eigenvalue weighted by atomic mass is 35.5. The molecule has 2 heterocycles. The fraction of sp³-hybridized carbons (Fsp3) is 0.333. The van der Waals surface area contributed by atoms with E-state index in [0.717, 1.165) is 28.8 Å². The van der Waals surface area contributed by atoms with E-state index in [2.05, 4.69) is 39.0 Å². The number of thiophene rings is 1. The summed E-state index contributed by atoms with van der Waals surface area (Å²) in [7, 11) is 0. The quantitative estimate of drug-likeness (QED) is 0.557. The van der Waals surface area contributed by atoms with Crippen molar-refractivity contribution in [3.63, 3.8) is 0 Å². The van der Waals surface area contributed by atoms with Crippen LogP contribution in [0.15, 0.2) is 24.3 Å². The molecule has 0 spiro atoms. The summed E-state index contributed by atoms with van der Waals surface area (Å²) in [5.41, 5.74) is 2.94. The number of Topliss-reactive ketones (excluding diaryl/α,β-unsaturated/α-hetero) is 1. The summed E-state index contributed by atoms with van der Waals surface area (Å²) in [5.74, 6) is 0.252. The van der Waals surface area contributed by atoms with Crippen LogP contribution >= 0.6 is 23.7 Å². The minimum absolute atomic E-state index is 0. The zero-order valence-electron chi connectivity index (χ0n) is 12.9. The van der Waals surface area contributed by atoms with Gasteiger partial charge >= 0.3 is 0 Å². The van der Waals surface area contributed by atoms with Gasteiger partial charge in [-0.3, -0.25) is 9.78 Å². The lowest BCUT2D eigenvalue weighted by Gasteiger charge is -2.30. The molecule has 1 aromatic carbocycles. The number of hydrogen-bond acceptors (Lipinski definition) is 3. The molecule has 0 fully saturated rings. The highest BCUT2D eigenvalue weighted by Crippen LogP contribution is 2.43. The van der Waals surface area contributed by atoms with Gasteiger partial charge in [0.25, 0.3) is 0 Å². The van der Waals surface area contributed by atoms with E-state index >= 15 is 0 Å². The third-order valence-electron chi connectivity index (χ3n) is 4.33. The molecule has 1 aliphatic rings. The molecule has 0 atom stereocenters. The van der Waals surface area contributed by atoms with Crippen LogP contribution in [0, 0.1) is 12.3 Å². The summed E-state index contributed by atoms with van der Waals surface area (Å²) >= 11 is 1.75. The van der Waals surface area contributed by atoms with Crippen LogP contribution in [0.3, 0.4) is 0 Å². The van der Waals surface area contributed by atoms with E-state index in [9.17, 15) is 4.79 Å². The average molecular weight is 332 g/mol. The molecule has 2 aromatic heterocycles. The summed E-state index contributed by atoms with van der Waals surface area (Å²) < 4.78 is 2.41. The highest BCUT2D eigenvalue weighted by Gasteiger charge is 2.34. The van der Waals surface area contributed by atoms with Crippen LogP contribution in [-0.4, -0.2) is 10.8 Å². The van der Waals surface area contributed by atoms with Gasteiger partial charge in [-0.1, -0.05) is 32.0 Å². The Morgan fingerprint density at radius 2 is 1.91 bits per heavy atom. The standard InChI is InChI=1S/C18H17NOS.ClH/c1-10-17-15(11-6-4-5-7-14(11)21-17)16-12(19-10)8-18(2,3)9-13(16)20;/h4-7H,8-9H2,1-3H3;1H. The Morgan fingerprint density at radius 3 is 2.68 bits per heavy atom. The van der Waals surface area contributed by atoms with Crippen molar-refractivity contribution in [2.24, 2.45) is 5.41 Å². The van der Waals surface area contributed by atoms with Crippen molar-refractivity contribution in [3.8, 4) is 0 Å². The number of aromatic nitrogens is 1. The van der Waals surface area contributed by atoms with Crippen molar-refractivity contribution >= 4 is 49.7 Å². The molecule has 0 saturated carbocycles. The largest absolute Gasteiger partial charge is 0.294 e. The number of carbonyl (C=O) groups is 1. The molecule has 3 aromatic rings. The molecule has 0 N–H and O–H groups in total. The Morgan fingerprint density at radius 1 is 1.18 bits per heavy atom. The summed E-state index contributed by atoms with van der Waals surface area (Å²) in [6, 6.07) is 8.36. The summed E-state index contributed by atoms with van der Waals surface area (Å²) in [4.78, 5) is 17.5. The van der Waals surface area contributed by atoms with Crippen molar-refractivity contribution in [2.75, 3.05) is 0 Å². The van der Waals surface area contributed by atoms with E-state index in [0.29, 0.717) is 6.42 Å². The van der Waals surface area contributed by atoms with Crippen LogP contribution < -0.4 is 0 Å². The summed E-state index contributed by atoms with van der Waals surface area (Å²) in [5, 5.41) is 2.34. The molecule has 0 aliphatic heterocycles. The van der Waals surface area contributed by atoms with Crippen molar-refractivity contribution < 1.29 is 4.79 Å². The minimum Gasteiger partial charge on any atom is -0.294 e. The van der Waals surface area contributed by atoms with Gasteiger partial charge in [0, 0.05) is 27.5 Å². The Balaban J connectivity index is 0.00000144. The van der Waals surface area contributed by atoms with Crippen LogP contribution in [-0.2, 0) is 6.42 Å². The van der Waals surface area contributed by atoms with E-state index in [4.69, 9.17) is 4.98 Å². The number of ketones is 1. The van der Waals surface area contributed by atoms with Gasteiger partial charge in [0.2, 0.25) is 0 Å². The predicted octanol–water partition coefficient (Wildman–Crippen LogP) is 5.33. The zero-order chi connectivity index (χ0) is 14.8. The number of aryl methyl sites for hydroxylation is 1. The smallest absolute Gasteiger partial charge is 0.165 e. The minimum atomic E-state index is 0. The third-order valence-corrected chi connectivity index (χ3v) is 5.61. The Bertz CT molecular complexity index is 910. The number of hydrogen-bond donors (Lipinski definition) is 0. The maximum atomic E-state index is 12.7. The van der Waals surface area contributed by atoms with E-state index < -0.39 is 0 Å². The molecule has 114 valence electrons. The van der Waals surface area contributed by atoms with E-state index in [1.54, 1.807) is 11.3 Å². The second-order valence-electron chi connectivity index (χ2n) is 6.76. The molecule has 22 heavy (non-hydrogen) atoms. The van der Waals surface area contributed by atoms with Gasteiger partial charge in [-0.25, -0.2) is 0 Å². The van der Waals surface area contributed by atoms with Gasteiger partial charge in [0.1, 0.15) is 0 Å². The molecule has 0 unspecified atom stereocenters. The second kappa shape index (κ2) is 5.04. The first-order chi connectivity index (χ1) is 9.96. The SMILES string of the molecule is Cc1nc2c(c3c1sc1ccccc13)C(=O)CC(C)(C)C2.Cl. The molecular weight excluding hydrogens is 314 g/mol. The first kappa shape index (κ1) is 15.4. The Labute approximate surface area is 140 Å². The molecule has 2 nitrogen and oxygen atoms in total. The zero-order valence-corrected chi connectivity index (χ0v) is 14.5. The fourth-order valence-corrected chi connectivity index (χ4v) is 4.62. The number of fused-ring (bicyclic) bond motifs is 5. The van der Waals surface area contributed by atoms with Gasteiger partial charge in [0.05, 0.1) is 16.1 Å². The Hall–Kier alpha value is -1.45. The topological polar surface area (TPSA) is 30.0 Å². The fourth-order valence-electron chi connectivity index (χ4n) is 3.47. The molecule has 0 saturated heterocycles. The van der Waals surface area contributed by atoms with Crippen molar-refractivity contribution in [3.05, 3.63) is 41.2 Å². The third kappa shape index (κ3) is 2.15. The van der Waals surface area contributed by atoms with Gasteiger partial charge in [-0.2, -0.15) is 0 Å². The predicted molar refractivity (Wildman–Crippen MR) is 95.5 cm³/mol.